The molecule has 0 aromatic heterocycles. The van der Waals surface area contributed by atoms with Crippen molar-refractivity contribution in [1.29, 1.82) is 0 Å². The molecule has 0 heterocycles. The number of halogens is 2. The lowest BCUT2D eigenvalue weighted by Crippen LogP contribution is -2.11. The molecule has 0 saturated carbocycles. The Morgan fingerprint density at radius 1 is 1.10 bits per heavy atom. The molecule has 2 aromatic carbocycles. The van der Waals surface area contributed by atoms with Crippen molar-refractivity contribution in [3.63, 3.8) is 0 Å². The van der Waals surface area contributed by atoms with Crippen molar-refractivity contribution in [2.75, 3.05) is 13.7 Å². The molecule has 1 atom stereocenters. The van der Waals surface area contributed by atoms with E-state index in [-0.39, 0.29) is 18.8 Å². The molecule has 0 bridgehead atoms. The normalized spacial score (nSPS) is 12.2. The monoisotopic (exact) mass is 278 g/mol. The number of ether oxygens (including phenoxy) is 1. The Morgan fingerprint density at radius 2 is 1.85 bits per heavy atom. The van der Waals surface area contributed by atoms with Crippen LogP contribution in [0.2, 0.25) is 0 Å². The first-order valence-corrected chi connectivity index (χ1v) is 6.34. The molecular formula is C16H16F2O2. The second kappa shape index (κ2) is 6.48. The minimum absolute atomic E-state index is 0.146. The van der Waals surface area contributed by atoms with E-state index in [1.54, 1.807) is 30.3 Å². The topological polar surface area (TPSA) is 29.5 Å². The van der Waals surface area contributed by atoms with E-state index in [2.05, 4.69) is 0 Å². The van der Waals surface area contributed by atoms with Gasteiger partial charge in [-0.3, -0.25) is 0 Å². The van der Waals surface area contributed by atoms with Crippen molar-refractivity contribution >= 4 is 0 Å². The van der Waals surface area contributed by atoms with Crippen LogP contribution in [0.1, 0.15) is 17.0 Å². The van der Waals surface area contributed by atoms with Crippen molar-refractivity contribution in [1.82, 2.24) is 0 Å². The first-order chi connectivity index (χ1) is 9.67. The lowest BCUT2D eigenvalue weighted by Gasteiger charge is -2.16. The van der Waals surface area contributed by atoms with Crippen molar-refractivity contribution in [3.8, 4) is 5.75 Å². The summed E-state index contributed by atoms with van der Waals surface area (Å²) in [4.78, 5) is 0. The van der Waals surface area contributed by atoms with Crippen molar-refractivity contribution in [3.05, 3.63) is 65.2 Å². The zero-order valence-corrected chi connectivity index (χ0v) is 11.1. The summed E-state index contributed by atoms with van der Waals surface area (Å²) in [6, 6.07) is 11.0. The van der Waals surface area contributed by atoms with Gasteiger partial charge in [-0.25, -0.2) is 8.78 Å². The van der Waals surface area contributed by atoms with E-state index < -0.39 is 17.6 Å². The highest BCUT2D eigenvalue weighted by Gasteiger charge is 2.18. The zero-order valence-electron chi connectivity index (χ0n) is 11.1. The summed E-state index contributed by atoms with van der Waals surface area (Å²) >= 11 is 0. The van der Waals surface area contributed by atoms with Crippen LogP contribution >= 0.6 is 0 Å². The fourth-order valence-electron chi connectivity index (χ4n) is 2.22. The highest BCUT2D eigenvalue weighted by Crippen LogP contribution is 2.27. The Balaban J connectivity index is 2.30. The third-order valence-corrected chi connectivity index (χ3v) is 3.29. The smallest absolute Gasteiger partial charge is 0.168 e. The highest BCUT2D eigenvalue weighted by molar-refractivity contribution is 5.33. The molecule has 0 fully saturated rings. The molecule has 106 valence electrons. The predicted molar refractivity (Wildman–Crippen MR) is 72.9 cm³/mol. The van der Waals surface area contributed by atoms with Gasteiger partial charge in [-0.15, -0.1) is 0 Å². The second-order valence-electron chi connectivity index (χ2n) is 4.54. The van der Waals surface area contributed by atoms with Crippen molar-refractivity contribution in [2.24, 2.45) is 0 Å². The minimum Gasteiger partial charge on any atom is -0.494 e. The fraction of sp³-hybridized carbons (Fsp3) is 0.250. The maximum Gasteiger partial charge on any atom is 0.168 e. The molecule has 0 aliphatic heterocycles. The molecule has 2 nitrogen and oxygen atoms in total. The van der Waals surface area contributed by atoms with E-state index in [0.717, 1.165) is 0 Å². The van der Waals surface area contributed by atoms with Gasteiger partial charge in [0.25, 0.3) is 0 Å². The Bertz CT molecular complexity index is 584. The molecule has 0 spiro atoms. The van der Waals surface area contributed by atoms with E-state index in [4.69, 9.17) is 4.74 Å². The molecule has 2 aromatic rings. The summed E-state index contributed by atoms with van der Waals surface area (Å²) in [5.41, 5.74) is 0.781. The SMILES string of the molecule is COc1cccc(CC(CO)c2ccccc2F)c1F. The van der Waals surface area contributed by atoms with Crippen LogP contribution in [0.25, 0.3) is 0 Å². The van der Waals surface area contributed by atoms with Crippen LogP contribution in [0.3, 0.4) is 0 Å². The van der Waals surface area contributed by atoms with Crippen LogP contribution < -0.4 is 4.74 Å². The van der Waals surface area contributed by atoms with Crippen LogP contribution in [0, 0.1) is 11.6 Å². The minimum atomic E-state index is -0.488. The third kappa shape index (κ3) is 2.96. The molecule has 20 heavy (non-hydrogen) atoms. The van der Waals surface area contributed by atoms with Crippen LogP contribution in [-0.4, -0.2) is 18.8 Å². The summed E-state index contributed by atoms with van der Waals surface area (Å²) < 4.78 is 32.8. The molecule has 2 rings (SSSR count). The van der Waals surface area contributed by atoms with Crippen molar-refractivity contribution in [2.45, 2.75) is 12.3 Å². The van der Waals surface area contributed by atoms with Crippen LogP contribution in [-0.2, 0) is 6.42 Å². The van der Waals surface area contributed by atoms with E-state index in [9.17, 15) is 13.9 Å². The summed E-state index contributed by atoms with van der Waals surface area (Å²) in [7, 11) is 1.39. The average Bonchev–Trinajstić information content (AvgIpc) is 2.47. The largest absolute Gasteiger partial charge is 0.494 e. The van der Waals surface area contributed by atoms with Gasteiger partial charge in [0.05, 0.1) is 13.7 Å². The van der Waals surface area contributed by atoms with Gasteiger partial charge in [0.2, 0.25) is 0 Å². The number of aliphatic hydroxyl groups excluding tert-OH is 1. The summed E-state index contributed by atoms with van der Waals surface area (Å²) in [5, 5.41) is 9.46. The van der Waals surface area contributed by atoms with Gasteiger partial charge >= 0.3 is 0 Å². The zero-order chi connectivity index (χ0) is 14.5. The number of benzene rings is 2. The molecule has 0 aliphatic carbocycles. The quantitative estimate of drug-likeness (QED) is 0.909. The Morgan fingerprint density at radius 3 is 2.50 bits per heavy atom. The fourth-order valence-corrected chi connectivity index (χ4v) is 2.22. The maximum absolute atomic E-state index is 14.1. The predicted octanol–water partition coefficient (Wildman–Crippen LogP) is 3.29. The van der Waals surface area contributed by atoms with Crippen molar-refractivity contribution < 1.29 is 18.6 Å². The molecule has 1 unspecified atom stereocenters. The van der Waals surface area contributed by atoms with Gasteiger partial charge in [-0.2, -0.15) is 0 Å². The van der Waals surface area contributed by atoms with Crippen LogP contribution in [0.5, 0.6) is 5.75 Å². The average molecular weight is 278 g/mol. The number of aliphatic hydroxyl groups is 1. The maximum atomic E-state index is 14.1. The Kier molecular flexibility index (Phi) is 4.69. The van der Waals surface area contributed by atoms with Crippen LogP contribution in [0.15, 0.2) is 42.5 Å². The lowest BCUT2D eigenvalue weighted by molar-refractivity contribution is 0.260. The summed E-state index contributed by atoms with van der Waals surface area (Å²) in [6.45, 7) is -0.252. The second-order valence-corrected chi connectivity index (χ2v) is 4.54. The van der Waals surface area contributed by atoms with Gasteiger partial charge in [0, 0.05) is 5.92 Å². The molecule has 0 aliphatic rings. The summed E-state index contributed by atoms with van der Waals surface area (Å²) in [6.07, 6.45) is 0.209. The number of hydrogen-bond acceptors (Lipinski definition) is 2. The Hall–Kier alpha value is -1.94. The first-order valence-electron chi connectivity index (χ1n) is 6.34. The number of hydrogen-bond donors (Lipinski definition) is 1. The van der Waals surface area contributed by atoms with Gasteiger partial charge in [0.15, 0.2) is 11.6 Å². The molecule has 0 radical (unpaired) electrons. The highest BCUT2D eigenvalue weighted by atomic mass is 19.1. The number of methoxy groups -OCH3 is 1. The lowest BCUT2D eigenvalue weighted by atomic mass is 9.92. The van der Waals surface area contributed by atoms with E-state index >= 15 is 0 Å². The van der Waals surface area contributed by atoms with Gasteiger partial charge in [-0.1, -0.05) is 30.3 Å². The van der Waals surface area contributed by atoms with E-state index in [1.165, 1.54) is 19.2 Å². The molecular weight excluding hydrogens is 262 g/mol. The third-order valence-electron chi connectivity index (χ3n) is 3.29. The molecule has 1 N–H and O–H groups in total. The number of rotatable bonds is 5. The molecule has 4 heteroatoms. The van der Waals surface area contributed by atoms with Gasteiger partial charge in [0.1, 0.15) is 5.82 Å². The molecule has 0 saturated heterocycles. The molecule has 0 amide bonds. The Labute approximate surface area is 116 Å². The van der Waals surface area contributed by atoms with E-state index in [1.807, 2.05) is 0 Å². The summed E-state index contributed by atoms with van der Waals surface area (Å²) in [5.74, 6) is -1.20. The van der Waals surface area contributed by atoms with Gasteiger partial charge < -0.3 is 9.84 Å². The standard InChI is InChI=1S/C16H16F2O2/c1-20-15-8-4-5-11(16(15)18)9-12(10-19)13-6-2-3-7-14(13)17/h2-8,12,19H,9-10H2,1H3. The van der Waals surface area contributed by atoms with Crippen LogP contribution in [0.4, 0.5) is 8.78 Å². The van der Waals surface area contributed by atoms with E-state index in [0.29, 0.717) is 11.1 Å². The van der Waals surface area contributed by atoms with Gasteiger partial charge in [-0.05, 0) is 29.7 Å². The first kappa shape index (κ1) is 14.5.